The molecule has 0 radical (unpaired) electrons. The summed E-state index contributed by atoms with van der Waals surface area (Å²) < 4.78 is 5.05. The summed E-state index contributed by atoms with van der Waals surface area (Å²) >= 11 is 0. The highest BCUT2D eigenvalue weighted by Gasteiger charge is 2.19. The second-order valence-corrected chi connectivity index (χ2v) is 4.08. The zero-order valence-electron chi connectivity index (χ0n) is 10.3. The highest BCUT2D eigenvalue weighted by Crippen LogP contribution is 2.37. The molecule has 0 aliphatic rings. The number of phenolic OH excluding ortho intramolecular Hbond substituents is 1. The molecule has 2 unspecified atom stereocenters. The average molecular weight is 240 g/mol. The number of methoxy groups -OCH3 is 1. The van der Waals surface area contributed by atoms with Crippen molar-refractivity contribution in [3.8, 4) is 11.5 Å². The van der Waals surface area contributed by atoms with E-state index in [2.05, 4.69) is 0 Å². The highest BCUT2D eigenvalue weighted by molar-refractivity contribution is 5.47. The maximum Gasteiger partial charge on any atom is 0.161 e. The summed E-state index contributed by atoms with van der Waals surface area (Å²) in [6.45, 7) is 1.72. The predicted molar refractivity (Wildman–Crippen MR) is 65.4 cm³/mol. The molecule has 0 saturated heterocycles. The molecule has 0 saturated carbocycles. The predicted octanol–water partition coefficient (Wildman–Crippen LogP) is 1.64. The summed E-state index contributed by atoms with van der Waals surface area (Å²) in [4.78, 5) is 0. The van der Waals surface area contributed by atoms with Crippen LogP contribution >= 0.6 is 0 Å². The minimum absolute atomic E-state index is 0.00671. The van der Waals surface area contributed by atoms with Crippen LogP contribution in [0.25, 0.3) is 0 Å². The van der Waals surface area contributed by atoms with E-state index in [0.717, 1.165) is 12.0 Å². The molecule has 0 bridgehead atoms. The van der Waals surface area contributed by atoms with Crippen LogP contribution in [0.3, 0.4) is 0 Å². The number of rotatable bonds is 6. The minimum atomic E-state index is -0.759. The first-order valence-electron chi connectivity index (χ1n) is 5.78. The molecule has 1 rings (SSSR count). The van der Waals surface area contributed by atoms with Gasteiger partial charge >= 0.3 is 0 Å². The van der Waals surface area contributed by atoms with Crippen LogP contribution in [0, 0.1) is 0 Å². The van der Waals surface area contributed by atoms with E-state index in [-0.39, 0.29) is 18.3 Å². The van der Waals surface area contributed by atoms with Crippen LogP contribution in [0.4, 0.5) is 0 Å². The minimum Gasteiger partial charge on any atom is -0.504 e. The first-order valence-corrected chi connectivity index (χ1v) is 5.78. The lowest BCUT2D eigenvalue weighted by Gasteiger charge is -2.20. The maximum atomic E-state index is 10.0. The zero-order valence-corrected chi connectivity index (χ0v) is 10.3. The van der Waals surface area contributed by atoms with Gasteiger partial charge in [0.15, 0.2) is 11.5 Å². The molecule has 3 N–H and O–H groups in total. The number of ether oxygens (including phenoxy) is 1. The molecule has 0 fully saturated rings. The molecule has 0 aromatic heterocycles. The van der Waals surface area contributed by atoms with Crippen molar-refractivity contribution in [2.75, 3.05) is 13.7 Å². The van der Waals surface area contributed by atoms with E-state index in [1.165, 1.54) is 7.11 Å². The number of aliphatic hydroxyl groups excluding tert-OH is 2. The highest BCUT2D eigenvalue weighted by atomic mass is 16.5. The Bertz CT molecular complexity index is 351. The molecule has 0 amide bonds. The van der Waals surface area contributed by atoms with Gasteiger partial charge in [-0.2, -0.15) is 0 Å². The zero-order chi connectivity index (χ0) is 12.8. The van der Waals surface area contributed by atoms with Crippen molar-refractivity contribution in [2.45, 2.75) is 31.8 Å². The summed E-state index contributed by atoms with van der Waals surface area (Å²) in [5.41, 5.74) is 0.749. The Labute approximate surface area is 101 Å². The van der Waals surface area contributed by atoms with Gasteiger partial charge in [0.05, 0.1) is 19.8 Å². The van der Waals surface area contributed by atoms with E-state index in [1.54, 1.807) is 6.07 Å². The molecular weight excluding hydrogens is 220 g/mol. The van der Waals surface area contributed by atoms with Gasteiger partial charge in [0.1, 0.15) is 0 Å². The van der Waals surface area contributed by atoms with Gasteiger partial charge in [-0.25, -0.2) is 0 Å². The summed E-state index contributed by atoms with van der Waals surface area (Å²) in [6, 6.07) is 5.31. The van der Waals surface area contributed by atoms with Crippen molar-refractivity contribution in [1.29, 1.82) is 0 Å². The molecule has 4 heteroatoms. The molecule has 0 aliphatic heterocycles. The Morgan fingerprint density at radius 2 is 2.06 bits per heavy atom. The van der Waals surface area contributed by atoms with Crippen molar-refractivity contribution < 1.29 is 20.1 Å². The fourth-order valence-electron chi connectivity index (χ4n) is 1.95. The Balaban J connectivity index is 2.95. The standard InChI is InChI=1S/C13H20O4/c1-3-9(7-10(15)8-14)11-5-4-6-12(17-2)13(11)16/h4-6,9-10,14-16H,3,7-8H2,1-2H3. The summed E-state index contributed by atoms with van der Waals surface area (Å²) in [7, 11) is 1.50. The van der Waals surface area contributed by atoms with E-state index in [9.17, 15) is 10.2 Å². The first-order chi connectivity index (χ1) is 8.13. The van der Waals surface area contributed by atoms with E-state index < -0.39 is 6.10 Å². The third-order valence-corrected chi connectivity index (χ3v) is 2.95. The topological polar surface area (TPSA) is 69.9 Å². The number of para-hydroxylation sites is 1. The SMILES string of the molecule is CCC(CC(O)CO)c1cccc(OC)c1O. The van der Waals surface area contributed by atoms with E-state index in [0.29, 0.717) is 12.2 Å². The normalized spacial score (nSPS) is 14.4. The van der Waals surface area contributed by atoms with Gasteiger partial charge in [0.25, 0.3) is 0 Å². The summed E-state index contributed by atoms with van der Waals surface area (Å²) in [5, 5.41) is 28.3. The van der Waals surface area contributed by atoms with Crippen LogP contribution in [0.2, 0.25) is 0 Å². The van der Waals surface area contributed by atoms with E-state index >= 15 is 0 Å². The van der Waals surface area contributed by atoms with Gasteiger partial charge in [-0.15, -0.1) is 0 Å². The maximum absolute atomic E-state index is 10.0. The summed E-state index contributed by atoms with van der Waals surface area (Å²) in [5.74, 6) is 0.554. The van der Waals surface area contributed by atoms with Crippen molar-refractivity contribution in [2.24, 2.45) is 0 Å². The Kier molecular flexibility index (Phi) is 5.25. The molecule has 0 heterocycles. The van der Waals surface area contributed by atoms with Gasteiger partial charge in [-0.05, 0) is 24.8 Å². The largest absolute Gasteiger partial charge is 0.504 e. The monoisotopic (exact) mass is 240 g/mol. The Hall–Kier alpha value is -1.26. The third kappa shape index (κ3) is 3.35. The molecule has 2 atom stereocenters. The summed E-state index contributed by atoms with van der Waals surface area (Å²) in [6.07, 6.45) is 0.441. The van der Waals surface area contributed by atoms with Gasteiger partial charge in [0, 0.05) is 5.56 Å². The van der Waals surface area contributed by atoms with Crippen molar-refractivity contribution >= 4 is 0 Å². The Morgan fingerprint density at radius 3 is 2.59 bits per heavy atom. The lowest BCUT2D eigenvalue weighted by Crippen LogP contribution is -2.16. The lowest BCUT2D eigenvalue weighted by atomic mass is 9.90. The average Bonchev–Trinajstić information content (AvgIpc) is 2.36. The molecule has 0 aliphatic carbocycles. The van der Waals surface area contributed by atoms with E-state index in [4.69, 9.17) is 9.84 Å². The van der Waals surface area contributed by atoms with Crippen LogP contribution in [0.15, 0.2) is 18.2 Å². The fraction of sp³-hybridized carbons (Fsp3) is 0.538. The van der Waals surface area contributed by atoms with Crippen LogP contribution in [0.1, 0.15) is 31.2 Å². The fourth-order valence-corrected chi connectivity index (χ4v) is 1.95. The molecule has 0 spiro atoms. The molecule has 1 aromatic carbocycles. The lowest BCUT2D eigenvalue weighted by molar-refractivity contribution is 0.0815. The van der Waals surface area contributed by atoms with Gasteiger partial charge < -0.3 is 20.1 Å². The number of hydrogen-bond donors (Lipinski definition) is 3. The van der Waals surface area contributed by atoms with Crippen LogP contribution < -0.4 is 4.74 Å². The van der Waals surface area contributed by atoms with Gasteiger partial charge in [-0.1, -0.05) is 19.1 Å². The third-order valence-electron chi connectivity index (χ3n) is 2.95. The van der Waals surface area contributed by atoms with Crippen LogP contribution in [-0.4, -0.2) is 35.1 Å². The second-order valence-electron chi connectivity index (χ2n) is 4.08. The molecule has 17 heavy (non-hydrogen) atoms. The van der Waals surface area contributed by atoms with E-state index in [1.807, 2.05) is 19.1 Å². The number of benzene rings is 1. The number of phenols is 1. The number of aliphatic hydroxyl groups is 2. The van der Waals surface area contributed by atoms with Crippen molar-refractivity contribution in [3.05, 3.63) is 23.8 Å². The van der Waals surface area contributed by atoms with Crippen LogP contribution in [-0.2, 0) is 0 Å². The number of hydrogen-bond acceptors (Lipinski definition) is 4. The van der Waals surface area contributed by atoms with Gasteiger partial charge in [0.2, 0.25) is 0 Å². The van der Waals surface area contributed by atoms with Crippen LogP contribution in [0.5, 0.6) is 11.5 Å². The second kappa shape index (κ2) is 6.47. The van der Waals surface area contributed by atoms with Crippen molar-refractivity contribution in [1.82, 2.24) is 0 Å². The Morgan fingerprint density at radius 1 is 1.35 bits per heavy atom. The molecule has 1 aromatic rings. The number of aromatic hydroxyl groups is 1. The smallest absolute Gasteiger partial charge is 0.161 e. The quantitative estimate of drug-likeness (QED) is 0.707. The molecular formula is C13H20O4. The molecule has 96 valence electrons. The van der Waals surface area contributed by atoms with Crippen molar-refractivity contribution in [3.63, 3.8) is 0 Å². The molecule has 4 nitrogen and oxygen atoms in total. The first kappa shape index (κ1) is 13.8. The van der Waals surface area contributed by atoms with Gasteiger partial charge in [-0.3, -0.25) is 0 Å².